The van der Waals surface area contributed by atoms with Gasteiger partial charge in [0.2, 0.25) is 0 Å². The van der Waals surface area contributed by atoms with E-state index in [-0.39, 0.29) is 22.8 Å². The Morgan fingerprint density at radius 2 is 1.71 bits per heavy atom. The molecule has 0 bridgehead atoms. The number of hydrogen-bond donors (Lipinski definition) is 1. The smallest absolute Gasteiger partial charge is 0.270 e. The van der Waals surface area contributed by atoms with Crippen molar-refractivity contribution in [1.82, 2.24) is 0 Å². The first-order valence-corrected chi connectivity index (χ1v) is 6.96. The van der Waals surface area contributed by atoms with Gasteiger partial charge in [-0.15, -0.1) is 0 Å². The van der Waals surface area contributed by atoms with E-state index >= 15 is 0 Å². The second-order valence-electron chi connectivity index (χ2n) is 4.98. The van der Waals surface area contributed by atoms with Crippen LogP contribution in [0.1, 0.15) is 21.5 Å². The molecule has 7 heteroatoms. The summed E-state index contributed by atoms with van der Waals surface area (Å²) >= 11 is 0. The maximum absolute atomic E-state index is 12.2. The van der Waals surface area contributed by atoms with Gasteiger partial charge < -0.3 is 5.11 Å². The molecule has 2 aromatic carbocycles. The molecule has 24 heavy (non-hydrogen) atoms. The van der Waals surface area contributed by atoms with Crippen LogP contribution in [0.3, 0.4) is 0 Å². The lowest BCUT2D eigenvalue weighted by Crippen LogP contribution is -1.99. The number of nitro benzene ring substituents is 1. The van der Waals surface area contributed by atoms with E-state index in [0.29, 0.717) is 16.7 Å². The van der Waals surface area contributed by atoms with Gasteiger partial charge in [-0.1, -0.05) is 36.4 Å². The number of rotatable bonds is 4. The van der Waals surface area contributed by atoms with E-state index in [4.69, 9.17) is 0 Å². The molecule has 0 radical (unpaired) electrons. The first kappa shape index (κ1) is 15.3. The third-order valence-corrected chi connectivity index (χ3v) is 3.47. The van der Waals surface area contributed by atoms with Gasteiger partial charge >= 0.3 is 0 Å². The van der Waals surface area contributed by atoms with Crippen LogP contribution < -0.4 is 0 Å². The highest BCUT2D eigenvalue weighted by Gasteiger charge is 2.27. The van der Waals surface area contributed by atoms with Gasteiger partial charge in [0.1, 0.15) is 5.76 Å². The molecule has 0 heterocycles. The molecule has 0 aliphatic heterocycles. The average molecular weight is 321 g/mol. The van der Waals surface area contributed by atoms with Gasteiger partial charge in [-0.05, 0) is 0 Å². The third kappa shape index (κ3) is 2.82. The summed E-state index contributed by atoms with van der Waals surface area (Å²) in [5.74, 6) is -0.456. The van der Waals surface area contributed by atoms with Crippen molar-refractivity contribution in [2.75, 3.05) is 0 Å². The van der Waals surface area contributed by atoms with Crippen LogP contribution in [0.15, 0.2) is 64.3 Å². The van der Waals surface area contributed by atoms with E-state index < -0.39 is 4.92 Å². The molecule has 0 unspecified atom stereocenters. The summed E-state index contributed by atoms with van der Waals surface area (Å²) in [7, 11) is 0. The van der Waals surface area contributed by atoms with Crippen molar-refractivity contribution in [3.63, 3.8) is 0 Å². The standard InChI is InChI=1S/C17H11N3O4/c21-16-13-6-1-2-7-14(13)17(22)15(16)10-19-18-9-11-4-3-5-12(8-11)20(23)24/h1-10,21H/b18-9?,19-10+. The number of nitrogens with zero attached hydrogens (tertiary/aromatic N) is 3. The molecule has 1 N–H and O–H groups in total. The van der Waals surface area contributed by atoms with Crippen molar-refractivity contribution < 1.29 is 14.8 Å². The lowest BCUT2D eigenvalue weighted by molar-refractivity contribution is -0.384. The fourth-order valence-electron chi connectivity index (χ4n) is 2.31. The molecule has 7 nitrogen and oxygen atoms in total. The molecule has 0 spiro atoms. The van der Waals surface area contributed by atoms with E-state index in [1.54, 1.807) is 30.3 Å². The first-order chi connectivity index (χ1) is 11.6. The number of fused-ring (bicyclic) bond motifs is 1. The summed E-state index contributed by atoms with van der Waals surface area (Å²) in [5, 5.41) is 28.3. The summed E-state index contributed by atoms with van der Waals surface area (Å²) in [4.78, 5) is 22.4. The minimum Gasteiger partial charge on any atom is -0.506 e. The van der Waals surface area contributed by atoms with Crippen LogP contribution in [0.25, 0.3) is 5.76 Å². The van der Waals surface area contributed by atoms with Crippen molar-refractivity contribution in [2.45, 2.75) is 0 Å². The molecule has 0 saturated heterocycles. The van der Waals surface area contributed by atoms with E-state index in [2.05, 4.69) is 10.2 Å². The summed E-state index contributed by atoms with van der Waals surface area (Å²) in [5.41, 5.74) is 1.39. The monoisotopic (exact) mass is 321 g/mol. The zero-order valence-electron chi connectivity index (χ0n) is 12.3. The SMILES string of the molecule is O=C1C(/C=N/N=Cc2cccc([N+](=O)[O-])c2)=C(O)c2ccccc21. The predicted molar refractivity (Wildman–Crippen MR) is 89.5 cm³/mol. The highest BCUT2D eigenvalue weighted by Crippen LogP contribution is 2.29. The van der Waals surface area contributed by atoms with Gasteiger partial charge in [-0.2, -0.15) is 10.2 Å². The van der Waals surface area contributed by atoms with Gasteiger partial charge in [0.15, 0.2) is 5.78 Å². The quantitative estimate of drug-likeness (QED) is 0.530. The van der Waals surface area contributed by atoms with Crippen molar-refractivity contribution >= 4 is 29.7 Å². The molecule has 0 aromatic heterocycles. The zero-order chi connectivity index (χ0) is 17.1. The largest absolute Gasteiger partial charge is 0.506 e. The summed E-state index contributed by atoms with van der Waals surface area (Å²) in [6.07, 6.45) is 2.50. The summed E-state index contributed by atoms with van der Waals surface area (Å²) in [6.45, 7) is 0. The molecular formula is C17H11N3O4. The molecule has 0 atom stereocenters. The molecule has 0 amide bonds. The number of carbonyl (C=O) groups is 1. The molecule has 1 aliphatic rings. The van der Waals surface area contributed by atoms with Gasteiger partial charge in [-0.3, -0.25) is 14.9 Å². The minimum atomic E-state index is -0.502. The Morgan fingerprint density at radius 3 is 2.42 bits per heavy atom. The average Bonchev–Trinajstić information content (AvgIpc) is 2.84. The number of nitro groups is 1. The van der Waals surface area contributed by atoms with E-state index in [1.165, 1.54) is 30.6 Å². The molecule has 0 fully saturated rings. The van der Waals surface area contributed by atoms with Gasteiger partial charge in [0.05, 0.1) is 22.9 Å². The van der Waals surface area contributed by atoms with E-state index in [0.717, 1.165) is 0 Å². The maximum atomic E-state index is 12.2. The summed E-state index contributed by atoms with van der Waals surface area (Å²) < 4.78 is 0. The number of aliphatic hydroxyl groups excluding tert-OH is 1. The lowest BCUT2D eigenvalue weighted by atomic mass is 10.1. The lowest BCUT2D eigenvalue weighted by Gasteiger charge is -1.95. The van der Waals surface area contributed by atoms with Crippen LogP contribution in [0, 0.1) is 10.1 Å². The summed E-state index contributed by atoms with van der Waals surface area (Å²) in [6, 6.07) is 12.6. The Balaban J connectivity index is 1.78. The van der Waals surface area contributed by atoms with Crippen LogP contribution >= 0.6 is 0 Å². The number of benzene rings is 2. The molecule has 0 saturated carbocycles. The van der Waals surface area contributed by atoms with Crippen LogP contribution in [0.4, 0.5) is 5.69 Å². The van der Waals surface area contributed by atoms with E-state index in [9.17, 15) is 20.0 Å². The van der Waals surface area contributed by atoms with Crippen molar-refractivity contribution in [1.29, 1.82) is 0 Å². The Morgan fingerprint density at radius 1 is 1.00 bits per heavy atom. The van der Waals surface area contributed by atoms with Crippen LogP contribution in [-0.2, 0) is 0 Å². The van der Waals surface area contributed by atoms with Gasteiger partial charge in [0, 0.05) is 28.8 Å². The topological polar surface area (TPSA) is 105 Å². The number of aliphatic hydroxyl groups is 1. The highest BCUT2D eigenvalue weighted by atomic mass is 16.6. The fourth-order valence-corrected chi connectivity index (χ4v) is 2.31. The molecule has 118 valence electrons. The highest BCUT2D eigenvalue weighted by molar-refractivity contribution is 6.30. The predicted octanol–water partition coefficient (Wildman–Crippen LogP) is 3.17. The van der Waals surface area contributed by atoms with Crippen molar-refractivity contribution in [3.05, 3.63) is 80.9 Å². The number of hydrogen-bond acceptors (Lipinski definition) is 6. The number of allylic oxidation sites excluding steroid dienone is 1. The molecule has 1 aliphatic carbocycles. The minimum absolute atomic E-state index is 0.0512. The van der Waals surface area contributed by atoms with Crippen LogP contribution in [0.2, 0.25) is 0 Å². The van der Waals surface area contributed by atoms with Gasteiger partial charge in [0.25, 0.3) is 5.69 Å². The Kier molecular flexibility index (Phi) is 3.98. The normalized spacial score (nSPS) is 13.9. The van der Waals surface area contributed by atoms with Crippen molar-refractivity contribution in [3.8, 4) is 0 Å². The molecule has 2 aromatic rings. The Bertz CT molecular complexity index is 929. The number of Topliss-reactive ketones (excluding diaryl/α,β-unsaturated/α-hetero) is 1. The maximum Gasteiger partial charge on any atom is 0.270 e. The second kappa shape index (κ2) is 6.25. The fraction of sp³-hybridized carbons (Fsp3) is 0. The molecular weight excluding hydrogens is 310 g/mol. The third-order valence-electron chi connectivity index (χ3n) is 3.47. The number of non-ortho nitro benzene ring substituents is 1. The number of ketones is 1. The van der Waals surface area contributed by atoms with E-state index in [1.807, 2.05) is 0 Å². The molecule has 3 rings (SSSR count). The van der Waals surface area contributed by atoms with Gasteiger partial charge in [-0.25, -0.2) is 0 Å². The van der Waals surface area contributed by atoms with Crippen LogP contribution in [0.5, 0.6) is 0 Å². The van der Waals surface area contributed by atoms with Crippen molar-refractivity contribution in [2.24, 2.45) is 10.2 Å². The second-order valence-corrected chi connectivity index (χ2v) is 4.98. The zero-order valence-corrected chi connectivity index (χ0v) is 12.3. The Labute approximate surface area is 136 Å². The first-order valence-electron chi connectivity index (χ1n) is 6.96. The Hall–Kier alpha value is -3.61. The number of carbonyl (C=O) groups excluding carboxylic acids is 1. The van der Waals surface area contributed by atoms with Crippen LogP contribution in [-0.4, -0.2) is 28.2 Å².